The van der Waals surface area contributed by atoms with Crippen molar-refractivity contribution in [1.29, 1.82) is 0 Å². The topological polar surface area (TPSA) is 86.7 Å². The molecular weight excluding hydrogens is 406 g/mol. The molecule has 0 aromatic rings. The Morgan fingerprint density at radius 3 is 2.37 bits per heavy atom. The van der Waals surface area contributed by atoms with Crippen LogP contribution in [0.15, 0.2) is 4.99 Å². The van der Waals surface area contributed by atoms with Gasteiger partial charge >= 0.3 is 0 Å². The van der Waals surface area contributed by atoms with Crippen LogP contribution in [0.4, 0.5) is 0 Å². The van der Waals surface area contributed by atoms with E-state index in [9.17, 15) is 8.42 Å². The molecule has 1 N–H and O–H groups in total. The van der Waals surface area contributed by atoms with Gasteiger partial charge in [-0.05, 0) is 47.7 Å². The highest BCUT2D eigenvalue weighted by molar-refractivity contribution is 7.89. The van der Waals surface area contributed by atoms with Crippen LogP contribution in [-0.4, -0.2) is 119 Å². The van der Waals surface area contributed by atoms with Gasteiger partial charge in [0.1, 0.15) is 0 Å². The van der Waals surface area contributed by atoms with Gasteiger partial charge < -0.3 is 24.6 Å². The van der Waals surface area contributed by atoms with Crippen molar-refractivity contribution in [1.82, 2.24) is 19.4 Å². The molecule has 2 heterocycles. The molecule has 2 rings (SSSR count). The molecule has 0 aromatic heterocycles. The van der Waals surface area contributed by atoms with Gasteiger partial charge in [-0.1, -0.05) is 0 Å². The van der Waals surface area contributed by atoms with E-state index in [2.05, 4.69) is 36.1 Å². The van der Waals surface area contributed by atoms with Crippen molar-refractivity contribution >= 4 is 16.0 Å². The number of nitrogens with one attached hydrogen (secondary N) is 1. The molecule has 0 spiro atoms. The highest BCUT2D eigenvalue weighted by Crippen LogP contribution is 2.26. The lowest BCUT2D eigenvalue weighted by molar-refractivity contribution is -0.00266. The maximum absolute atomic E-state index is 12.6. The number of piperazine rings is 1. The Morgan fingerprint density at radius 1 is 1.20 bits per heavy atom. The number of aliphatic imine (C=N–C) groups is 1. The fraction of sp³-hybridized carbons (Fsp3) is 0.950. The minimum Gasteiger partial charge on any atom is -0.381 e. The first-order valence-electron chi connectivity index (χ1n) is 11.1. The fourth-order valence-electron chi connectivity index (χ4n) is 3.84. The number of ether oxygens (including phenoxy) is 2. The molecular formula is C20H41N5O4S. The van der Waals surface area contributed by atoms with E-state index in [1.165, 1.54) is 0 Å². The summed E-state index contributed by atoms with van der Waals surface area (Å²) in [6.45, 7) is 11.3. The molecule has 0 amide bonds. The molecule has 0 radical (unpaired) electrons. The Bertz CT molecular complexity index is 640. The minimum atomic E-state index is -3.29. The number of sulfonamides is 1. The molecule has 2 aliphatic heterocycles. The average molecular weight is 448 g/mol. The summed E-state index contributed by atoms with van der Waals surface area (Å²) >= 11 is 0. The van der Waals surface area contributed by atoms with Gasteiger partial charge in [0.25, 0.3) is 0 Å². The molecule has 9 nitrogen and oxygen atoms in total. The molecule has 0 bridgehead atoms. The third-order valence-electron chi connectivity index (χ3n) is 5.95. The number of rotatable bonds is 9. The summed E-state index contributed by atoms with van der Waals surface area (Å²) in [5.74, 6) is 0.901. The monoisotopic (exact) mass is 447 g/mol. The zero-order chi connectivity index (χ0) is 22.2. The largest absolute Gasteiger partial charge is 0.381 e. The van der Waals surface area contributed by atoms with Crippen LogP contribution in [-0.2, 0) is 19.5 Å². The third-order valence-corrected chi connectivity index (χ3v) is 7.79. The normalized spacial score (nSPS) is 21.4. The lowest BCUT2D eigenvalue weighted by atomic mass is 9.89. The van der Waals surface area contributed by atoms with E-state index >= 15 is 0 Å². The quantitative estimate of drug-likeness (QED) is 0.405. The number of guanidine groups is 1. The predicted octanol–water partition coefficient (Wildman–Crippen LogP) is 0.435. The van der Waals surface area contributed by atoms with E-state index in [1.807, 2.05) is 13.8 Å². The van der Waals surface area contributed by atoms with E-state index in [4.69, 9.17) is 14.5 Å². The van der Waals surface area contributed by atoms with Crippen molar-refractivity contribution in [3.05, 3.63) is 0 Å². The molecule has 2 fully saturated rings. The van der Waals surface area contributed by atoms with Gasteiger partial charge in [-0.2, -0.15) is 4.31 Å². The average Bonchev–Trinajstić information content (AvgIpc) is 2.71. The summed E-state index contributed by atoms with van der Waals surface area (Å²) in [5.41, 5.74) is 0.0144. The lowest BCUT2D eigenvalue weighted by Gasteiger charge is -2.42. The summed E-state index contributed by atoms with van der Waals surface area (Å²) in [4.78, 5) is 9.40. The van der Waals surface area contributed by atoms with Crippen LogP contribution in [0.25, 0.3) is 0 Å². The zero-order valence-electron chi connectivity index (χ0n) is 19.4. The first-order chi connectivity index (χ1) is 14.2. The maximum Gasteiger partial charge on any atom is 0.216 e. The standard InChI is InChI=1S/C20H41N5O4S/c1-6-21-19(22-17-20(23(4)5)7-13-28-14-8-20)24-9-11-25(12-10-24)30(26,27)16-15-29-18(2)3/h18H,6-17H2,1-5H3,(H,21,22). The van der Waals surface area contributed by atoms with E-state index in [1.54, 1.807) is 4.31 Å². The summed E-state index contributed by atoms with van der Waals surface area (Å²) in [7, 11) is 0.933. The van der Waals surface area contributed by atoms with Gasteiger partial charge in [-0.3, -0.25) is 4.99 Å². The second-order valence-corrected chi connectivity index (χ2v) is 10.6. The van der Waals surface area contributed by atoms with Crippen LogP contribution in [0.1, 0.15) is 33.6 Å². The van der Waals surface area contributed by atoms with Crippen LogP contribution in [0, 0.1) is 0 Å². The first-order valence-corrected chi connectivity index (χ1v) is 12.7. The number of likely N-dealkylation sites (N-methyl/N-ethyl adjacent to an activating group) is 1. The fourth-order valence-corrected chi connectivity index (χ4v) is 5.13. The van der Waals surface area contributed by atoms with Crippen LogP contribution in [0.2, 0.25) is 0 Å². The molecule has 2 saturated heterocycles. The molecule has 30 heavy (non-hydrogen) atoms. The predicted molar refractivity (Wildman–Crippen MR) is 120 cm³/mol. The summed E-state index contributed by atoms with van der Waals surface area (Å²) in [6, 6.07) is 0. The molecule has 0 saturated carbocycles. The van der Waals surface area contributed by atoms with Gasteiger partial charge in [0.15, 0.2) is 5.96 Å². The first kappa shape index (κ1) is 25.3. The summed E-state index contributed by atoms with van der Waals surface area (Å²) in [5, 5.41) is 3.39. The zero-order valence-corrected chi connectivity index (χ0v) is 20.2. The number of hydrogen-bond donors (Lipinski definition) is 1. The molecule has 2 aliphatic rings. The van der Waals surface area contributed by atoms with Crippen LogP contribution in [0.3, 0.4) is 0 Å². The Hall–Kier alpha value is -0.940. The van der Waals surface area contributed by atoms with Gasteiger partial charge in [0.05, 0.1) is 25.0 Å². The Balaban J connectivity index is 1.97. The Kier molecular flexibility index (Phi) is 9.80. The molecule has 0 aromatic carbocycles. The van der Waals surface area contributed by atoms with Crippen LogP contribution >= 0.6 is 0 Å². The maximum atomic E-state index is 12.6. The second-order valence-electron chi connectivity index (χ2n) is 8.52. The van der Waals surface area contributed by atoms with E-state index in [0.29, 0.717) is 32.7 Å². The second kappa shape index (κ2) is 11.6. The number of hydrogen-bond acceptors (Lipinski definition) is 6. The highest BCUT2D eigenvalue weighted by Gasteiger charge is 2.35. The highest BCUT2D eigenvalue weighted by atomic mass is 32.2. The van der Waals surface area contributed by atoms with Crippen molar-refractivity contribution in [2.75, 3.05) is 78.9 Å². The summed E-state index contributed by atoms with van der Waals surface area (Å²) < 4.78 is 37.7. The molecule has 0 aliphatic carbocycles. The van der Waals surface area contributed by atoms with Gasteiger partial charge in [-0.15, -0.1) is 0 Å². The molecule has 0 unspecified atom stereocenters. The SMILES string of the molecule is CCNC(=NCC1(N(C)C)CCOCC1)N1CCN(S(=O)(=O)CCOC(C)C)CC1. The smallest absolute Gasteiger partial charge is 0.216 e. The van der Waals surface area contributed by atoms with E-state index < -0.39 is 10.0 Å². The van der Waals surface area contributed by atoms with Gasteiger partial charge in [-0.25, -0.2) is 8.42 Å². The molecule has 176 valence electrons. The Morgan fingerprint density at radius 2 is 1.83 bits per heavy atom. The van der Waals surface area contributed by atoms with E-state index in [-0.39, 0.29) is 24.0 Å². The van der Waals surface area contributed by atoms with Crippen molar-refractivity contribution < 1.29 is 17.9 Å². The van der Waals surface area contributed by atoms with Crippen LogP contribution < -0.4 is 5.32 Å². The van der Waals surface area contributed by atoms with Crippen LogP contribution in [0.5, 0.6) is 0 Å². The van der Waals surface area contributed by atoms with E-state index in [0.717, 1.165) is 38.6 Å². The summed E-state index contributed by atoms with van der Waals surface area (Å²) in [6.07, 6.45) is 1.97. The number of nitrogens with zero attached hydrogens (tertiary/aromatic N) is 4. The van der Waals surface area contributed by atoms with Crippen molar-refractivity contribution in [2.45, 2.75) is 45.3 Å². The van der Waals surface area contributed by atoms with Crippen molar-refractivity contribution in [3.8, 4) is 0 Å². The van der Waals surface area contributed by atoms with Crippen molar-refractivity contribution in [2.24, 2.45) is 4.99 Å². The molecule has 0 atom stereocenters. The van der Waals surface area contributed by atoms with Gasteiger partial charge in [0.2, 0.25) is 10.0 Å². The lowest BCUT2D eigenvalue weighted by Crippen LogP contribution is -2.55. The molecule has 10 heteroatoms. The minimum absolute atomic E-state index is 0.0144. The Labute approximate surface area is 182 Å². The third kappa shape index (κ3) is 7.05. The van der Waals surface area contributed by atoms with Crippen molar-refractivity contribution in [3.63, 3.8) is 0 Å². The van der Waals surface area contributed by atoms with Gasteiger partial charge in [0, 0.05) is 51.5 Å².